The minimum atomic E-state index is -3.71. The van der Waals surface area contributed by atoms with Crippen LogP contribution in [-0.2, 0) is 19.6 Å². The topological polar surface area (TPSA) is 108 Å². The zero-order valence-electron chi connectivity index (χ0n) is 17.4. The highest BCUT2D eigenvalue weighted by molar-refractivity contribution is 7.89. The first-order valence-corrected chi connectivity index (χ1v) is 11.5. The Labute approximate surface area is 173 Å². The summed E-state index contributed by atoms with van der Waals surface area (Å²) in [6.07, 6.45) is 1.09. The molecule has 0 aromatic heterocycles. The summed E-state index contributed by atoms with van der Waals surface area (Å²) in [7, 11) is 0.258. The lowest BCUT2D eigenvalue weighted by Gasteiger charge is -2.35. The number of sulfonamides is 1. The van der Waals surface area contributed by atoms with Crippen molar-refractivity contribution < 1.29 is 23.1 Å². The van der Waals surface area contributed by atoms with E-state index in [0.29, 0.717) is 19.4 Å². The number of aliphatic hydroxyl groups is 1. The molecule has 0 bridgehead atoms. The van der Waals surface area contributed by atoms with Crippen molar-refractivity contribution >= 4 is 15.9 Å². The number of hydrogen-bond donors (Lipinski definition) is 3. The third-order valence-electron chi connectivity index (χ3n) is 4.95. The van der Waals surface area contributed by atoms with Crippen molar-refractivity contribution in [2.75, 3.05) is 33.8 Å². The average molecular weight is 428 g/mol. The lowest BCUT2D eigenvalue weighted by atomic mass is 9.98. The zero-order valence-corrected chi connectivity index (χ0v) is 18.2. The van der Waals surface area contributed by atoms with Gasteiger partial charge in [-0.3, -0.25) is 4.79 Å². The first-order chi connectivity index (χ1) is 13.7. The summed E-state index contributed by atoms with van der Waals surface area (Å²) in [6.45, 7) is 3.07. The molecule has 1 amide bonds. The highest BCUT2D eigenvalue weighted by Gasteiger charge is 2.34. The third kappa shape index (κ3) is 7.67. The second-order valence-corrected chi connectivity index (χ2v) is 9.52. The largest absolute Gasteiger partial charge is 0.394 e. The lowest BCUT2D eigenvalue weighted by molar-refractivity contribution is -0.130. The average Bonchev–Trinajstić information content (AvgIpc) is 2.66. The van der Waals surface area contributed by atoms with E-state index in [4.69, 9.17) is 4.74 Å². The van der Waals surface area contributed by atoms with E-state index in [0.717, 1.165) is 18.5 Å². The molecule has 1 aromatic rings. The number of aliphatic hydroxyl groups excluding tert-OH is 1. The van der Waals surface area contributed by atoms with E-state index in [1.807, 2.05) is 21.0 Å². The maximum atomic E-state index is 12.6. The molecule has 1 aliphatic heterocycles. The molecule has 0 aliphatic carbocycles. The molecule has 3 atom stereocenters. The Kier molecular flexibility index (Phi) is 9.04. The summed E-state index contributed by atoms with van der Waals surface area (Å²) in [5.41, 5.74) is 0.973. The quantitative estimate of drug-likeness (QED) is 0.473. The molecule has 0 radical (unpaired) electrons. The maximum absolute atomic E-state index is 12.6. The van der Waals surface area contributed by atoms with E-state index >= 15 is 0 Å². The SMILES string of the molecule is Cc1ccc(S(=O)(=O)N[C@@H]2CC[C@H](CC(=O)NCCCN(C)C)O[C@@H]2CO)cc1. The number of nitrogens with one attached hydrogen (secondary N) is 2. The lowest BCUT2D eigenvalue weighted by Crippen LogP contribution is -2.51. The minimum absolute atomic E-state index is 0.0934. The van der Waals surface area contributed by atoms with Crippen molar-refractivity contribution in [3.05, 3.63) is 29.8 Å². The van der Waals surface area contributed by atoms with Gasteiger partial charge >= 0.3 is 0 Å². The second kappa shape index (κ2) is 11.0. The van der Waals surface area contributed by atoms with Crippen LogP contribution in [0.15, 0.2) is 29.2 Å². The fourth-order valence-corrected chi connectivity index (χ4v) is 4.60. The molecule has 0 unspecified atom stereocenters. The van der Waals surface area contributed by atoms with Crippen LogP contribution in [0.25, 0.3) is 0 Å². The summed E-state index contributed by atoms with van der Waals surface area (Å²) >= 11 is 0. The molecule has 2 rings (SSSR count). The van der Waals surface area contributed by atoms with Gasteiger partial charge in [0.05, 0.1) is 36.2 Å². The molecule has 8 nitrogen and oxygen atoms in total. The highest BCUT2D eigenvalue weighted by atomic mass is 32.2. The summed E-state index contributed by atoms with van der Waals surface area (Å²) in [5.74, 6) is -0.0934. The Bertz CT molecular complexity index is 752. The highest BCUT2D eigenvalue weighted by Crippen LogP contribution is 2.23. The maximum Gasteiger partial charge on any atom is 0.240 e. The number of hydrogen-bond acceptors (Lipinski definition) is 6. The Morgan fingerprint density at radius 3 is 2.55 bits per heavy atom. The van der Waals surface area contributed by atoms with Gasteiger partial charge in [-0.05, 0) is 59.0 Å². The predicted molar refractivity (Wildman–Crippen MR) is 111 cm³/mol. The van der Waals surface area contributed by atoms with Crippen LogP contribution in [0.2, 0.25) is 0 Å². The van der Waals surface area contributed by atoms with Crippen LogP contribution in [0.1, 0.15) is 31.2 Å². The Hall–Kier alpha value is -1.52. The first kappa shape index (κ1) is 23.8. The van der Waals surface area contributed by atoms with E-state index in [1.54, 1.807) is 24.3 Å². The Balaban J connectivity index is 1.85. The second-order valence-electron chi connectivity index (χ2n) is 7.81. The summed E-state index contributed by atoms with van der Waals surface area (Å²) < 4.78 is 33.7. The molecule has 9 heteroatoms. The van der Waals surface area contributed by atoms with Gasteiger partial charge in [-0.15, -0.1) is 0 Å². The molecule has 29 heavy (non-hydrogen) atoms. The fraction of sp³-hybridized carbons (Fsp3) is 0.650. The van der Waals surface area contributed by atoms with Gasteiger partial charge in [0.25, 0.3) is 0 Å². The smallest absolute Gasteiger partial charge is 0.240 e. The Morgan fingerprint density at radius 1 is 1.24 bits per heavy atom. The molecular weight excluding hydrogens is 394 g/mol. The van der Waals surface area contributed by atoms with Crippen LogP contribution in [0, 0.1) is 6.92 Å². The van der Waals surface area contributed by atoms with Crippen molar-refractivity contribution in [3.63, 3.8) is 0 Å². The van der Waals surface area contributed by atoms with Crippen LogP contribution in [-0.4, -0.2) is 76.4 Å². The number of aryl methyl sites for hydroxylation is 1. The van der Waals surface area contributed by atoms with Gasteiger partial charge in [0.15, 0.2) is 0 Å². The summed E-state index contributed by atoms with van der Waals surface area (Å²) in [5, 5.41) is 12.6. The molecule has 1 saturated heterocycles. The first-order valence-electron chi connectivity index (χ1n) is 9.98. The summed E-state index contributed by atoms with van der Waals surface area (Å²) in [4.78, 5) is 14.3. The molecule has 3 N–H and O–H groups in total. The number of rotatable bonds is 10. The van der Waals surface area contributed by atoms with Gasteiger partial charge in [-0.1, -0.05) is 17.7 Å². The molecule has 1 aliphatic rings. The predicted octanol–water partition coefficient (Wildman–Crippen LogP) is 0.640. The van der Waals surface area contributed by atoms with Crippen molar-refractivity contribution in [2.24, 2.45) is 0 Å². The molecule has 0 spiro atoms. The van der Waals surface area contributed by atoms with Crippen LogP contribution in [0.5, 0.6) is 0 Å². The van der Waals surface area contributed by atoms with E-state index in [2.05, 4.69) is 14.9 Å². The molecular formula is C20H33N3O5S. The number of nitrogens with zero attached hydrogens (tertiary/aromatic N) is 1. The minimum Gasteiger partial charge on any atom is -0.394 e. The van der Waals surface area contributed by atoms with Gasteiger partial charge in [-0.2, -0.15) is 0 Å². The van der Waals surface area contributed by atoms with Gasteiger partial charge in [0.1, 0.15) is 0 Å². The number of carbonyl (C=O) groups excluding carboxylic acids is 1. The van der Waals surface area contributed by atoms with Crippen LogP contribution in [0.3, 0.4) is 0 Å². The molecule has 1 aromatic carbocycles. The van der Waals surface area contributed by atoms with E-state index < -0.39 is 22.2 Å². The zero-order chi connectivity index (χ0) is 21.4. The van der Waals surface area contributed by atoms with Crippen LogP contribution in [0.4, 0.5) is 0 Å². The number of amides is 1. The van der Waals surface area contributed by atoms with Gasteiger partial charge in [0, 0.05) is 6.54 Å². The number of ether oxygens (including phenoxy) is 1. The molecule has 164 valence electrons. The number of carbonyl (C=O) groups is 1. The van der Waals surface area contributed by atoms with Gasteiger partial charge < -0.3 is 20.1 Å². The van der Waals surface area contributed by atoms with Crippen molar-refractivity contribution in [3.8, 4) is 0 Å². The third-order valence-corrected chi connectivity index (χ3v) is 6.46. The molecule has 0 saturated carbocycles. The normalized spacial score (nSPS) is 22.6. The molecule has 1 fully saturated rings. The van der Waals surface area contributed by atoms with E-state index in [-0.39, 0.29) is 29.9 Å². The molecule has 1 heterocycles. The van der Waals surface area contributed by atoms with Crippen molar-refractivity contribution in [2.45, 2.75) is 55.8 Å². The van der Waals surface area contributed by atoms with Gasteiger partial charge in [0.2, 0.25) is 15.9 Å². The van der Waals surface area contributed by atoms with E-state index in [9.17, 15) is 18.3 Å². The van der Waals surface area contributed by atoms with E-state index in [1.165, 1.54) is 0 Å². The van der Waals surface area contributed by atoms with Crippen molar-refractivity contribution in [1.82, 2.24) is 14.9 Å². The number of benzene rings is 1. The monoisotopic (exact) mass is 427 g/mol. The Morgan fingerprint density at radius 2 is 1.93 bits per heavy atom. The standard InChI is InChI=1S/C20H33N3O5S/c1-15-5-8-17(9-6-15)29(26,27)22-18-10-7-16(28-19(18)14-24)13-20(25)21-11-4-12-23(2)3/h5-6,8-9,16,18-19,22,24H,4,7,10-14H2,1-3H3,(H,21,25)/t16-,18-,19-/m1/s1. The van der Waals surface area contributed by atoms with Crippen LogP contribution < -0.4 is 10.0 Å². The summed E-state index contributed by atoms with van der Waals surface area (Å²) in [6, 6.07) is 6.05. The fourth-order valence-electron chi connectivity index (χ4n) is 3.30. The van der Waals surface area contributed by atoms with Gasteiger partial charge in [-0.25, -0.2) is 13.1 Å². The van der Waals surface area contributed by atoms with Crippen molar-refractivity contribution in [1.29, 1.82) is 0 Å². The van der Waals surface area contributed by atoms with Crippen LogP contribution >= 0.6 is 0 Å².